The summed E-state index contributed by atoms with van der Waals surface area (Å²) in [5.74, 6) is 1.71. The van der Waals surface area contributed by atoms with Gasteiger partial charge in [-0.05, 0) is 56.0 Å². The molecule has 6 nitrogen and oxygen atoms in total. The summed E-state index contributed by atoms with van der Waals surface area (Å²) >= 11 is 1.58. The topological polar surface area (TPSA) is 60.0 Å². The van der Waals surface area contributed by atoms with Crippen LogP contribution in [0.4, 0.5) is 17.6 Å². The first kappa shape index (κ1) is 25.0. The Morgan fingerprint density at radius 3 is 2.76 bits per heavy atom. The van der Waals surface area contributed by atoms with Gasteiger partial charge < -0.3 is 13.9 Å². The Labute approximate surface area is 204 Å². The van der Waals surface area contributed by atoms with Crippen LogP contribution in [0.15, 0.2) is 34.2 Å². The highest BCUT2D eigenvalue weighted by Gasteiger charge is 2.61. The Hall–Kier alpha value is -2.11. The lowest BCUT2D eigenvalue weighted by Gasteiger charge is -2.22. The van der Waals surface area contributed by atoms with Gasteiger partial charge in [0, 0.05) is 31.3 Å². The first-order chi connectivity index (χ1) is 15.7. The summed E-state index contributed by atoms with van der Waals surface area (Å²) in [7, 11) is 1.88. The van der Waals surface area contributed by atoms with E-state index in [0.29, 0.717) is 18.1 Å². The van der Waals surface area contributed by atoms with Crippen LogP contribution in [0.5, 0.6) is 0 Å². The van der Waals surface area contributed by atoms with Crippen LogP contribution >= 0.6 is 24.2 Å². The van der Waals surface area contributed by atoms with Gasteiger partial charge in [0.15, 0.2) is 17.3 Å². The van der Waals surface area contributed by atoms with E-state index in [2.05, 4.69) is 20.1 Å². The van der Waals surface area contributed by atoms with E-state index in [9.17, 15) is 17.6 Å². The van der Waals surface area contributed by atoms with Gasteiger partial charge in [-0.1, -0.05) is 11.8 Å². The highest BCUT2D eigenvalue weighted by Crippen LogP contribution is 2.59. The van der Waals surface area contributed by atoms with Gasteiger partial charge in [-0.2, -0.15) is 13.2 Å². The molecule has 3 heterocycles. The lowest BCUT2D eigenvalue weighted by atomic mass is 9.92. The van der Waals surface area contributed by atoms with E-state index in [-0.39, 0.29) is 23.9 Å². The third kappa shape index (κ3) is 4.45. The van der Waals surface area contributed by atoms with Crippen molar-refractivity contribution in [2.75, 3.05) is 25.4 Å². The summed E-state index contributed by atoms with van der Waals surface area (Å²) in [5.41, 5.74) is -0.294. The summed E-state index contributed by atoms with van der Waals surface area (Å²) < 4.78 is 61.1. The molecule has 1 saturated carbocycles. The van der Waals surface area contributed by atoms with Gasteiger partial charge in [0.2, 0.25) is 5.82 Å². The summed E-state index contributed by atoms with van der Waals surface area (Å²) in [6.07, 6.45) is -1.46. The number of fused-ring (bicyclic) bond motifs is 1. The minimum Gasteiger partial charge on any atom is -0.440 e. The standard InChI is InChI=1S/C22H23F4N5OS.ClH/c1-13-18(32-12-27-13)19-28-29-20(30(19)2)33-7-3-6-31-10-15-9-21(15,11-31)16-8-14(22(24,25)26)4-5-17(16)23;/h4-5,8,12,15H,3,6-7,9-11H2,1-2H3;1H. The van der Waals surface area contributed by atoms with Gasteiger partial charge in [-0.15, -0.1) is 22.6 Å². The fraction of sp³-hybridized carbons (Fsp3) is 0.500. The number of aryl methyl sites for hydroxylation is 1. The largest absolute Gasteiger partial charge is 0.440 e. The van der Waals surface area contributed by atoms with Crippen molar-refractivity contribution in [1.29, 1.82) is 0 Å². The first-order valence-electron chi connectivity index (χ1n) is 10.7. The SMILES string of the molecule is Cc1ncoc1-c1nnc(SCCCN2CC3CC3(c3cc(C(F)(F)F)ccc3F)C2)n1C.Cl. The van der Waals surface area contributed by atoms with Crippen LogP contribution in [-0.4, -0.2) is 50.0 Å². The number of rotatable bonds is 7. The van der Waals surface area contributed by atoms with E-state index in [1.165, 1.54) is 6.39 Å². The van der Waals surface area contributed by atoms with Gasteiger partial charge in [0.1, 0.15) is 5.82 Å². The molecule has 0 bridgehead atoms. The zero-order valence-corrected chi connectivity index (χ0v) is 20.2. The smallest absolute Gasteiger partial charge is 0.416 e. The molecule has 2 atom stereocenters. The van der Waals surface area contributed by atoms with Gasteiger partial charge in [-0.25, -0.2) is 9.37 Å². The lowest BCUT2D eigenvalue weighted by Crippen LogP contribution is -2.28. The van der Waals surface area contributed by atoms with E-state index in [1.807, 2.05) is 18.5 Å². The second-order valence-corrected chi connectivity index (χ2v) is 9.88. The van der Waals surface area contributed by atoms with Crippen LogP contribution in [0.3, 0.4) is 0 Å². The predicted molar refractivity (Wildman–Crippen MR) is 121 cm³/mol. The zero-order valence-electron chi connectivity index (χ0n) is 18.6. The second-order valence-electron chi connectivity index (χ2n) is 8.82. The number of oxazole rings is 1. The maximum atomic E-state index is 14.5. The van der Waals surface area contributed by atoms with Crippen molar-refractivity contribution in [3.8, 4) is 11.6 Å². The number of hydrogen-bond donors (Lipinski definition) is 0. The molecule has 1 aliphatic heterocycles. The van der Waals surface area contributed by atoms with Crippen molar-refractivity contribution in [1.82, 2.24) is 24.6 Å². The van der Waals surface area contributed by atoms with Crippen molar-refractivity contribution in [3.05, 3.63) is 47.2 Å². The molecule has 12 heteroatoms. The summed E-state index contributed by atoms with van der Waals surface area (Å²) in [5, 5.41) is 9.20. The highest BCUT2D eigenvalue weighted by atomic mass is 35.5. The number of likely N-dealkylation sites (tertiary alicyclic amines) is 1. The van der Waals surface area contributed by atoms with Gasteiger partial charge >= 0.3 is 6.18 Å². The zero-order chi connectivity index (χ0) is 23.4. The quantitative estimate of drug-likeness (QED) is 0.246. The lowest BCUT2D eigenvalue weighted by molar-refractivity contribution is -0.137. The summed E-state index contributed by atoms with van der Waals surface area (Å²) in [6, 6.07) is 2.78. The number of aromatic nitrogens is 4. The van der Waals surface area contributed by atoms with E-state index >= 15 is 0 Å². The predicted octanol–water partition coefficient (Wildman–Crippen LogP) is 5.11. The average Bonchev–Trinajstić information content (AvgIpc) is 3.06. The molecular weight excluding hydrogens is 494 g/mol. The number of thioether (sulfide) groups is 1. The molecular formula is C22H24ClF4N5OS. The van der Waals surface area contributed by atoms with Crippen LogP contribution in [0.1, 0.15) is 29.7 Å². The first-order valence-corrected chi connectivity index (χ1v) is 11.7. The van der Waals surface area contributed by atoms with Crippen molar-refractivity contribution in [3.63, 3.8) is 0 Å². The molecule has 1 aromatic carbocycles. The van der Waals surface area contributed by atoms with Crippen molar-refractivity contribution >= 4 is 24.2 Å². The van der Waals surface area contributed by atoms with Gasteiger partial charge in [-0.3, -0.25) is 0 Å². The third-order valence-electron chi connectivity index (χ3n) is 6.68. The normalized spacial score (nSPS) is 22.0. The molecule has 2 aromatic heterocycles. The number of halogens is 5. The maximum Gasteiger partial charge on any atom is 0.416 e. The second kappa shape index (κ2) is 9.16. The van der Waals surface area contributed by atoms with Crippen molar-refractivity contribution in [2.45, 2.75) is 36.5 Å². The molecule has 2 unspecified atom stereocenters. The minimum absolute atomic E-state index is 0. The summed E-state index contributed by atoms with van der Waals surface area (Å²) in [4.78, 5) is 6.31. The number of benzene rings is 1. The summed E-state index contributed by atoms with van der Waals surface area (Å²) in [6.45, 7) is 4.04. The Morgan fingerprint density at radius 1 is 1.26 bits per heavy atom. The fourth-order valence-corrected chi connectivity index (χ4v) is 5.70. The fourth-order valence-electron chi connectivity index (χ4n) is 4.86. The molecule has 5 rings (SSSR count). The number of piperidine rings is 1. The molecule has 184 valence electrons. The van der Waals surface area contributed by atoms with Crippen molar-refractivity contribution < 1.29 is 22.0 Å². The van der Waals surface area contributed by atoms with Crippen LogP contribution in [0.2, 0.25) is 0 Å². The van der Waals surface area contributed by atoms with Gasteiger partial charge in [0.05, 0.1) is 11.3 Å². The minimum atomic E-state index is -4.47. The maximum absolute atomic E-state index is 14.5. The van der Waals surface area contributed by atoms with Crippen LogP contribution in [-0.2, 0) is 18.6 Å². The molecule has 0 N–H and O–H groups in total. The number of hydrogen-bond acceptors (Lipinski definition) is 6. The molecule has 3 aromatic rings. The van der Waals surface area contributed by atoms with E-state index in [4.69, 9.17) is 4.42 Å². The Morgan fingerprint density at radius 2 is 2.06 bits per heavy atom. The van der Waals surface area contributed by atoms with Crippen LogP contribution < -0.4 is 0 Å². The molecule has 1 saturated heterocycles. The highest BCUT2D eigenvalue weighted by molar-refractivity contribution is 7.99. The van der Waals surface area contributed by atoms with E-state index in [1.54, 1.807) is 11.8 Å². The Bertz CT molecular complexity index is 1180. The molecule has 2 aliphatic rings. The Balaban J connectivity index is 0.00000274. The molecule has 34 heavy (non-hydrogen) atoms. The van der Waals surface area contributed by atoms with Gasteiger partial charge in [0.25, 0.3) is 0 Å². The molecule has 0 amide bonds. The van der Waals surface area contributed by atoms with E-state index in [0.717, 1.165) is 60.7 Å². The number of nitrogens with zero attached hydrogens (tertiary/aromatic N) is 5. The third-order valence-corrected chi connectivity index (χ3v) is 7.79. The van der Waals surface area contributed by atoms with Crippen molar-refractivity contribution in [2.24, 2.45) is 13.0 Å². The average molecular weight is 518 g/mol. The van der Waals surface area contributed by atoms with E-state index < -0.39 is 23.0 Å². The van der Waals surface area contributed by atoms with Crippen LogP contribution in [0.25, 0.3) is 11.6 Å². The number of alkyl halides is 3. The molecule has 0 spiro atoms. The Kier molecular flexibility index (Phi) is 6.73. The van der Waals surface area contributed by atoms with Crippen LogP contribution in [0, 0.1) is 18.7 Å². The molecule has 1 aliphatic carbocycles. The molecule has 0 radical (unpaired) electrons. The monoisotopic (exact) mass is 517 g/mol. The molecule has 2 fully saturated rings.